The fourth-order valence-corrected chi connectivity index (χ4v) is 2.81. The molecule has 102 valence electrons. The van der Waals surface area contributed by atoms with Gasteiger partial charge in [-0.25, -0.2) is 0 Å². The number of anilines is 1. The average molecular weight is 327 g/mol. The Morgan fingerprint density at radius 2 is 2.11 bits per heavy atom. The summed E-state index contributed by atoms with van der Waals surface area (Å²) < 4.78 is 0.832. The molecule has 6 heteroatoms. The van der Waals surface area contributed by atoms with Gasteiger partial charge in [0.2, 0.25) is 0 Å². The number of hydrogen-bond acceptors (Lipinski definition) is 3. The quantitative estimate of drug-likeness (QED) is 0.885. The van der Waals surface area contributed by atoms with E-state index in [0.717, 1.165) is 4.47 Å². The van der Waals surface area contributed by atoms with Crippen LogP contribution < -0.4 is 10.6 Å². The van der Waals surface area contributed by atoms with E-state index in [1.807, 2.05) is 11.8 Å². The zero-order valence-corrected chi connectivity index (χ0v) is 12.1. The van der Waals surface area contributed by atoms with Crippen LogP contribution in [0.5, 0.6) is 0 Å². The lowest BCUT2D eigenvalue weighted by atomic mass is 9.99. The Kier molecular flexibility index (Phi) is 3.80. The Morgan fingerprint density at radius 1 is 1.42 bits per heavy atom. The third kappa shape index (κ3) is 2.73. The molecule has 5 nitrogen and oxygen atoms in total. The molecule has 1 fully saturated rings. The molecule has 0 aromatic heterocycles. The van der Waals surface area contributed by atoms with Gasteiger partial charge in [0.05, 0.1) is 17.2 Å². The topological polar surface area (TPSA) is 83.6 Å². The molecule has 3 N–H and O–H groups in total. The molecule has 1 saturated heterocycles. The summed E-state index contributed by atoms with van der Waals surface area (Å²) in [5, 5.41) is 9.15. The summed E-state index contributed by atoms with van der Waals surface area (Å²) in [6, 6.07) is 5.20. The predicted molar refractivity (Wildman–Crippen MR) is 75.2 cm³/mol. The second-order valence-electron chi connectivity index (χ2n) is 4.85. The molecule has 0 saturated carbocycles. The standard InChI is InChI=1S/C13H15BrN2O3/c1-7-5-16(6-10(7)13(18)19)11-4-8(14)2-3-9(11)12(15)17/h2-4,7,10H,5-6H2,1H3,(H2,15,17)(H,18,19)/t7-,10-/m1/s1. The van der Waals surface area contributed by atoms with Crippen molar-refractivity contribution in [2.45, 2.75) is 6.92 Å². The normalized spacial score (nSPS) is 22.5. The number of primary amides is 1. The zero-order valence-electron chi connectivity index (χ0n) is 10.5. The number of halogens is 1. The van der Waals surface area contributed by atoms with Crippen molar-refractivity contribution in [2.75, 3.05) is 18.0 Å². The number of carbonyl (C=O) groups excluding carboxylic acids is 1. The average Bonchev–Trinajstić information content (AvgIpc) is 2.70. The molecule has 2 rings (SSSR count). The van der Waals surface area contributed by atoms with Gasteiger partial charge in [-0.3, -0.25) is 9.59 Å². The monoisotopic (exact) mass is 326 g/mol. The van der Waals surface area contributed by atoms with Gasteiger partial charge >= 0.3 is 5.97 Å². The van der Waals surface area contributed by atoms with Crippen LogP contribution >= 0.6 is 15.9 Å². The van der Waals surface area contributed by atoms with Crippen molar-refractivity contribution >= 4 is 33.5 Å². The molecule has 1 amide bonds. The van der Waals surface area contributed by atoms with Crippen molar-refractivity contribution in [1.29, 1.82) is 0 Å². The van der Waals surface area contributed by atoms with Crippen LogP contribution in [0, 0.1) is 11.8 Å². The molecule has 1 aromatic rings. The summed E-state index contributed by atoms with van der Waals surface area (Å²) in [7, 11) is 0. The Bertz CT molecular complexity index is 533. The van der Waals surface area contributed by atoms with E-state index in [4.69, 9.17) is 10.8 Å². The highest BCUT2D eigenvalue weighted by atomic mass is 79.9. The lowest BCUT2D eigenvalue weighted by Gasteiger charge is -2.21. The number of carboxylic acids is 1. The number of carboxylic acid groups (broad SMARTS) is 1. The van der Waals surface area contributed by atoms with Crippen LogP contribution in [0.1, 0.15) is 17.3 Å². The van der Waals surface area contributed by atoms with E-state index in [2.05, 4.69) is 15.9 Å². The first-order chi connectivity index (χ1) is 8.90. The van der Waals surface area contributed by atoms with Gasteiger partial charge in [-0.15, -0.1) is 0 Å². The molecule has 0 unspecified atom stereocenters. The smallest absolute Gasteiger partial charge is 0.308 e. The van der Waals surface area contributed by atoms with Crippen LogP contribution in [0.3, 0.4) is 0 Å². The first kappa shape index (κ1) is 13.9. The molecule has 1 aliphatic heterocycles. The number of carbonyl (C=O) groups is 2. The maximum absolute atomic E-state index is 11.5. The number of nitrogens with zero attached hydrogens (tertiary/aromatic N) is 1. The van der Waals surface area contributed by atoms with Crippen LogP contribution in [0.25, 0.3) is 0 Å². The van der Waals surface area contributed by atoms with Gasteiger partial charge in [-0.2, -0.15) is 0 Å². The molecule has 1 aliphatic rings. The molecule has 0 radical (unpaired) electrons. The second-order valence-corrected chi connectivity index (χ2v) is 5.77. The van der Waals surface area contributed by atoms with Crippen molar-refractivity contribution in [3.8, 4) is 0 Å². The summed E-state index contributed by atoms with van der Waals surface area (Å²) >= 11 is 3.36. The van der Waals surface area contributed by atoms with Crippen LogP contribution in [0.2, 0.25) is 0 Å². The van der Waals surface area contributed by atoms with Gasteiger partial charge in [0, 0.05) is 17.6 Å². The molecule has 0 bridgehead atoms. The highest BCUT2D eigenvalue weighted by Gasteiger charge is 2.35. The van der Waals surface area contributed by atoms with Crippen molar-refractivity contribution in [2.24, 2.45) is 17.6 Å². The van der Waals surface area contributed by atoms with Crippen molar-refractivity contribution < 1.29 is 14.7 Å². The maximum Gasteiger partial charge on any atom is 0.308 e. The van der Waals surface area contributed by atoms with Crippen LogP contribution in [-0.2, 0) is 4.79 Å². The summed E-state index contributed by atoms with van der Waals surface area (Å²) in [5.74, 6) is -1.68. The van der Waals surface area contributed by atoms with E-state index < -0.39 is 17.8 Å². The summed E-state index contributed by atoms with van der Waals surface area (Å²) in [4.78, 5) is 24.5. The molecule has 19 heavy (non-hydrogen) atoms. The van der Waals surface area contributed by atoms with E-state index in [9.17, 15) is 9.59 Å². The Hall–Kier alpha value is -1.56. The molecular weight excluding hydrogens is 312 g/mol. The van der Waals surface area contributed by atoms with Gasteiger partial charge in [0.15, 0.2) is 0 Å². The van der Waals surface area contributed by atoms with Crippen LogP contribution in [0.4, 0.5) is 5.69 Å². The maximum atomic E-state index is 11.5. The summed E-state index contributed by atoms with van der Waals surface area (Å²) in [6.07, 6.45) is 0. The fourth-order valence-electron chi connectivity index (χ4n) is 2.46. The molecule has 1 heterocycles. The lowest BCUT2D eigenvalue weighted by molar-refractivity contribution is -0.142. The van der Waals surface area contributed by atoms with Gasteiger partial charge in [-0.05, 0) is 24.1 Å². The van der Waals surface area contributed by atoms with E-state index >= 15 is 0 Å². The molecule has 0 spiro atoms. The minimum absolute atomic E-state index is 0.0391. The molecule has 2 atom stereocenters. The van der Waals surface area contributed by atoms with Gasteiger partial charge < -0.3 is 15.7 Å². The third-order valence-electron chi connectivity index (χ3n) is 3.50. The van der Waals surface area contributed by atoms with E-state index in [-0.39, 0.29) is 5.92 Å². The van der Waals surface area contributed by atoms with Crippen LogP contribution in [0.15, 0.2) is 22.7 Å². The van der Waals surface area contributed by atoms with Crippen molar-refractivity contribution in [3.63, 3.8) is 0 Å². The first-order valence-electron chi connectivity index (χ1n) is 5.97. The zero-order chi connectivity index (χ0) is 14.2. The minimum Gasteiger partial charge on any atom is -0.481 e. The number of aliphatic carboxylic acids is 1. The van der Waals surface area contributed by atoms with Crippen molar-refractivity contribution in [3.05, 3.63) is 28.2 Å². The second kappa shape index (κ2) is 5.21. The van der Waals surface area contributed by atoms with Crippen LogP contribution in [-0.4, -0.2) is 30.1 Å². The third-order valence-corrected chi connectivity index (χ3v) is 3.99. The van der Waals surface area contributed by atoms with E-state index in [1.165, 1.54) is 0 Å². The Labute approximate surface area is 119 Å². The SMILES string of the molecule is C[C@@H]1CN(c2cc(Br)ccc2C(N)=O)C[C@H]1C(=O)O. The number of amides is 1. The Balaban J connectivity index is 2.35. The van der Waals surface area contributed by atoms with Gasteiger partial charge in [0.1, 0.15) is 0 Å². The number of nitrogens with two attached hydrogens (primary N) is 1. The summed E-state index contributed by atoms with van der Waals surface area (Å²) in [5.41, 5.74) is 6.47. The van der Waals surface area contributed by atoms with Gasteiger partial charge in [0.25, 0.3) is 5.91 Å². The van der Waals surface area contributed by atoms with E-state index in [1.54, 1.807) is 18.2 Å². The predicted octanol–water partition coefficient (Wildman–Crippen LogP) is 1.70. The number of benzene rings is 1. The van der Waals surface area contributed by atoms with Crippen molar-refractivity contribution in [1.82, 2.24) is 0 Å². The lowest BCUT2D eigenvalue weighted by Crippen LogP contribution is -2.25. The Morgan fingerprint density at radius 3 is 2.63 bits per heavy atom. The number of rotatable bonds is 3. The highest BCUT2D eigenvalue weighted by molar-refractivity contribution is 9.10. The first-order valence-corrected chi connectivity index (χ1v) is 6.76. The fraction of sp³-hybridized carbons (Fsp3) is 0.385. The minimum atomic E-state index is -0.800. The largest absolute Gasteiger partial charge is 0.481 e. The molecular formula is C13H15BrN2O3. The van der Waals surface area contributed by atoms with E-state index in [0.29, 0.717) is 24.3 Å². The number of hydrogen-bond donors (Lipinski definition) is 2. The van der Waals surface area contributed by atoms with Gasteiger partial charge in [-0.1, -0.05) is 22.9 Å². The molecule has 0 aliphatic carbocycles. The summed E-state index contributed by atoms with van der Waals surface area (Å²) in [6.45, 7) is 2.90. The molecule has 1 aromatic carbocycles. The highest BCUT2D eigenvalue weighted by Crippen LogP contribution is 2.32.